The predicted molar refractivity (Wildman–Crippen MR) is 53.8 cm³/mol. The van der Waals surface area contributed by atoms with E-state index in [1.807, 2.05) is 0 Å². The molecule has 0 radical (unpaired) electrons. The Morgan fingerprint density at radius 2 is 2.00 bits per heavy atom. The van der Waals surface area contributed by atoms with E-state index in [9.17, 15) is 8.78 Å². The van der Waals surface area contributed by atoms with E-state index in [4.69, 9.17) is 0 Å². The standard InChI is InChI=1S/C10H9BrF2/c1-3-7-4-8(10(2,12)13)6-9(11)5-7/h3-6H,1H2,2H3. The van der Waals surface area contributed by atoms with Crippen molar-refractivity contribution >= 4 is 22.0 Å². The Balaban J connectivity index is 3.24. The average molecular weight is 247 g/mol. The van der Waals surface area contributed by atoms with Crippen molar-refractivity contribution < 1.29 is 8.78 Å². The van der Waals surface area contributed by atoms with E-state index in [0.717, 1.165) is 6.92 Å². The summed E-state index contributed by atoms with van der Waals surface area (Å²) >= 11 is 3.17. The molecular formula is C10H9BrF2. The van der Waals surface area contributed by atoms with Crippen LogP contribution in [0.1, 0.15) is 18.1 Å². The van der Waals surface area contributed by atoms with Crippen molar-refractivity contribution in [3.8, 4) is 0 Å². The number of alkyl halides is 2. The lowest BCUT2D eigenvalue weighted by atomic mass is 10.1. The van der Waals surface area contributed by atoms with Gasteiger partial charge in [0.2, 0.25) is 0 Å². The molecule has 0 nitrogen and oxygen atoms in total. The molecule has 0 bridgehead atoms. The maximum atomic E-state index is 12.9. The van der Waals surface area contributed by atoms with Crippen molar-refractivity contribution in [1.82, 2.24) is 0 Å². The highest BCUT2D eigenvalue weighted by Crippen LogP contribution is 2.30. The summed E-state index contributed by atoms with van der Waals surface area (Å²) in [7, 11) is 0. The van der Waals surface area contributed by atoms with Crippen molar-refractivity contribution in [2.45, 2.75) is 12.8 Å². The molecule has 0 atom stereocenters. The molecule has 1 aromatic carbocycles. The summed E-state index contributed by atoms with van der Waals surface area (Å²) in [5, 5.41) is 0. The van der Waals surface area contributed by atoms with Gasteiger partial charge in [0, 0.05) is 17.0 Å². The van der Waals surface area contributed by atoms with Gasteiger partial charge in [-0.1, -0.05) is 28.6 Å². The van der Waals surface area contributed by atoms with Crippen LogP contribution in [0.15, 0.2) is 29.3 Å². The normalized spacial score (nSPS) is 11.4. The molecule has 70 valence electrons. The Morgan fingerprint density at radius 1 is 1.38 bits per heavy atom. The van der Waals surface area contributed by atoms with Crippen LogP contribution >= 0.6 is 15.9 Å². The Labute approximate surface area is 84.4 Å². The third-order valence-corrected chi connectivity index (χ3v) is 2.12. The van der Waals surface area contributed by atoms with Gasteiger partial charge < -0.3 is 0 Å². The molecule has 13 heavy (non-hydrogen) atoms. The molecule has 0 aliphatic heterocycles. The van der Waals surface area contributed by atoms with Crippen LogP contribution in [-0.4, -0.2) is 0 Å². The minimum Gasteiger partial charge on any atom is -0.202 e. The Hall–Kier alpha value is -0.700. The Bertz CT molecular complexity index is 326. The number of hydrogen-bond acceptors (Lipinski definition) is 0. The molecule has 0 N–H and O–H groups in total. The van der Waals surface area contributed by atoms with Gasteiger partial charge in [0.25, 0.3) is 5.92 Å². The van der Waals surface area contributed by atoms with Crippen LogP contribution in [0.4, 0.5) is 8.78 Å². The molecule has 1 rings (SSSR count). The average Bonchev–Trinajstić information content (AvgIpc) is 2.01. The summed E-state index contributed by atoms with van der Waals surface area (Å²) < 4.78 is 26.4. The Morgan fingerprint density at radius 3 is 2.46 bits per heavy atom. The van der Waals surface area contributed by atoms with E-state index in [0.29, 0.717) is 10.0 Å². The lowest BCUT2D eigenvalue weighted by molar-refractivity contribution is 0.0174. The fourth-order valence-corrected chi connectivity index (χ4v) is 1.49. The first kappa shape index (κ1) is 10.4. The summed E-state index contributed by atoms with van der Waals surface area (Å²) in [5.74, 6) is -2.80. The van der Waals surface area contributed by atoms with E-state index in [1.165, 1.54) is 12.1 Å². The molecule has 3 heteroatoms. The Kier molecular flexibility index (Phi) is 2.86. The number of benzene rings is 1. The molecule has 0 amide bonds. The molecule has 0 heterocycles. The van der Waals surface area contributed by atoms with Crippen molar-refractivity contribution in [1.29, 1.82) is 0 Å². The number of hydrogen-bond donors (Lipinski definition) is 0. The van der Waals surface area contributed by atoms with E-state index in [-0.39, 0.29) is 5.56 Å². The van der Waals surface area contributed by atoms with Gasteiger partial charge in [-0.3, -0.25) is 0 Å². The van der Waals surface area contributed by atoms with Gasteiger partial charge in [-0.2, -0.15) is 0 Å². The van der Waals surface area contributed by atoms with Crippen LogP contribution in [0.3, 0.4) is 0 Å². The van der Waals surface area contributed by atoms with Crippen LogP contribution in [0.2, 0.25) is 0 Å². The van der Waals surface area contributed by atoms with Crippen molar-refractivity contribution in [3.63, 3.8) is 0 Å². The highest BCUT2D eigenvalue weighted by atomic mass is 79.9. The zero-order valence-electron chi connectivity index (χ0n) is 7.15. The zero-order valence-corrected chi connectivity index (χ0v) is 8.74. The summed E-state index contributed by atoms with van der Waals surface area (Å²) in [6, 6.07) is 4.58. The second-order valence-electron chi connectivity index (χ2n) is 2.87. The second kappa shape index (κ2) is 3.58. The summed E-state index contributed by atoms with van der Waals surface area (Å²) in [6.07, 6.45) is 1.54. The zero-order chi connectivity index (χ0) is 10.1. The van der Waals surface area contributed by atoms with Crippen molar-refractivity contribution in [2.75, 3.05) is 0 Å². The molecule has 0 aliphatic carbocycles. The van der Waals surface area contributed by atoms with Crippen LogP contribution in [0.25, 0.3) is 6.08 Å². The summed E-state index contributed by atoms with van der Waals surface area (Å²) in [6.45, 7) is 4.41. The summed E-state index contributed by atoms with van der Waals surface area (Å²) in [4.78, 5) is 0. The molecular weight excluding hydrogens is 238 g/mol. The smallest absolute Gasteiger partial charge is 0.202 e. The van der Waals surface area contributed by atoms with Gasteiger partial charge in [-0.25, -0.2) is 8.78 Å². The molecule has 1 aromatic rings. The lowest BCUT2D eigenvalue weighted by Crippen LogP contribution is -2.06. The van der Waals surface area contributed by atoms with Crippen LogP contribution < -0.4 is 0 Å². The van der Waals surface area contributed by atoms with Gasteiger partial charge in [-0.15, -0.1) is 0 Å². The quantitative estimate of drug-likeness (QED) is 0.734. The molecule has 0 fully saturated rings. The first-order valence-corrected chi connectivity index (χ1v) is 4.54. The first-order chi connectivity index (χ1) is 5.93. The second-order valence-corrected chi connectivity index (χ2v) is 3.78. The van der Waals surface area contributed by atoms with Gasteiger partial charge in [0.1, 0.15) is 0 Å². The fraction of sp³-hybridized carbons (Fsp3) is 0.200. The molecule has 0 unspecified atom stereocenters. The minimum atomic E-state index is -2.80. The monoisotopic (exact) mass is 246 g/mol. The van der Waals surface area contributed by atoms with E-state index in [2.05, 4.69) is 22.5 Å². The highest BCUT2D eigenvalue weighted by Gasteiger charge is 2.24. The van der Waals surface area contributed by atoms with Gasteiger partial charge in [0.05, 0.1) is 0 Å². The van der Waals surface area contributed by atoms with Crippen LogP contribution in [0, 0.1) is 0 Å². The molecule has 0 spiro atoms. The molecule has 0 saturated carbocycles. The SMILES string of the molecule is C=Cc1cc(Br)cc(C(C)(F)F)c1. The molecule has 0 saturated heterocycles. The minimum absolute atomic E-state index is 0.00299. The van der Waals surface area contributed by atoms with Crippen molar-refractivity contribution in [2.24, 2.45) is 0 Å². The number of halogens is 3. The predicted octanol–water partition coefficient (Wildman–Crippen LogP) is 4.20. The van der Waals surface area contributed by atoms with Gasteiger partial charge in [-0.05, 0) is 23.8 Å². The van der Waals surface area contributed by atoms with Gasteiger partial charge >= 0.3 is 0 Å². The molecule has 0 aromatic heterocycles. The van der Waals surface area contributed by atoms with E-state index >= 15 is 0 Å². The maximum absolute atomic E-state index is 12.9. The van der Waals surface area contributed by atoms with Crippen molar-refractivity contribution in [3.05, 3.63) is 40.4 Å². The summed E-state index contributed by atoms with van der Waals surface area (Å²) in [5.41, 5.74) is 0.683. The van der Waals surface area contributed by atoms with E-state index in [1.54, 1.807) is 12.1 Å². The van der Waals surface area contributed by atoms with Crippen LogP contribution in [0.5, 0.6) is 0 Å². The van der Waals surface area contributed by atoms with E-state index < -0.39 is 5.92 Å². The lowest BCUT2D eigenvalue weighted by Gasteiger charge is -2.11. The largest absolute Gasteiger partial charge is 0.270 e. The topological polar surface area (TPSA) is 0 Å². The third-order valence-electron chi connectivity index (χ3n) is 1.66. The first-order valence-electron chi connectivity index (χ1n) is 3.75. The highest BCUT2D eigenvalue weighted by molar-refractivity contribution is 9.10. The number of rotatable bonds is 2. The van der Waals surface area contributed by atoms with Gasteiger partial charge in [0.15, 0.2) is 0 Å². The molecule has 0 aliphatic rings. The third kappa shape index (κ3) is 2.62. The van der Waals surface area contributed by atoms with Crippen LogP contribution in [-0.2, 0) is 5.92 Å². The fourth-order valence-electron chi connectivity index (χ4n) is 0.984. The maximum Gasteiger partial charge on any atom is 0.270 e.